The lowest BCUT2D eigenvalue weighted by Crippen LogP contribution is -2.43. The van der Waals surface area contributed by atoms with Crippen LogP contribution in [0, 0.1) is 6.92 Å². The number of nitrogens with one attached hydrogen (secondary N) is 1. The normalized spacial score (nSPS) is 20.4. The molecule has 10 heteroatoms. The van der Waals surface area contributed by atoms with Crippen molar-refractivity contribution < 1.29 is 14.4 Å². The van der Waals surface area contributed by atoms with E-state index in [0.29, 0.717) is 21.4 Å². The Kier molecular flexibility index (Phi) is 4.97. The molecule has 1 saturated heterocycles. The molecule has 1 fully saturated rings. The van der Waals surface area contributed by atoms with E-state index in [1.807, 2.05) is 6.92 Å². The molecular formula is C19H15Cl2N5O3. The Morgan fingerprint density at radius 2 is 1.83 bits per heavy atom. The molecule has 1 N–H and O–H groups in total. The summed E-state index contributed by atoms with van der Waals surface area (Å²) >= 11 is 12.0. The summed E-state index contributed by atoms with van der Waals surface area (Å²) in [5.41, 5.74) is 1.75. The molecule has 3 amide bonds. The molecule has 29 heavy (non-hydrogen) atoms. The van der Waals surface area contributed by atoms with Crippen LogP contribution >= 0.6 is 23.2 Å². The zero-order chi connectivity index (χ0) is 20.7. The second-order valence-electron chi connectivity index (χ2n) is 6.69. The van der Waals surface area contributed by atoms with Crippen molar-refractivity contribution in [3.05, 3.63) is 58.1 Å². The summed E-state index contributed by atoms with van der Waals surface area (Å²) in [5.74, 6) is -1.39. The maximum absolute atomic E-state index is 12.9. The lowest BCUT2D eigenvalue weighted by Gasteiger charge is -2.20. The largest absolute Gasteiger partial charge is 0.324 e. The zero-order valence-corrected chi connectivity index (χ0v) is 16.7. The molecule has 2 aliphatic heterocycles. The predicted molar refractivity (Wildman–Crippen MR) is 108 cm³/mol. The van der Waals surface area contributed by atoms with Crippen LogP contribution in [-0.4, -0.2) is 41.4 Å². The third-order valence-corrected chi connectivity index (χ3v) is 5.36. The van der Waals surface area contributed by atoms with Gasteiger partial charge in [-0.3, -0.25) is 19.4 Å². The number of benzene rings is 2. The number of anilines is 2. The van der Waals surface area contributed by atoms with Crippen molar-refractivity contribution in [2.45, 2.75) is 19.0 Å². The maximum Gasteiger partial charge on any atom is 0.263 e. The zero-order valence-electron chi connectivity index (χ0n) is 15.2. The van der Waals surface area contributed by atoms with E-state index in [0.717, 1.165) is 10.5 Å². The van der Waals surface area contributed by atoms with Crippen LogP contribution < -0.4 is 10.2 Å². The SMILES string of the molecule is Cc1ccc(N2C(=O)[C@H]3N=NN(CC(=O)Nc4ccc(Cl)cc4)[C@@H]3C2=O)cc1Cl. The number of nitrogens with zero attached hydrogens (tertiary/aromatic N) is 4. The molecule has 2 aromatic carbocycles. The first-order chi connectivity index (χ1) is 13.8. The highest BCUT2D eigenvalue weighted by Crippen LogP contribution is 2.33. The summed E-state index contributed by atoms with van der Waals surface area (Å²) in [5, 5.41) is 12.7. The van der Waals surface area contributed by atoms with Gasteiger partial charge >= 0.3 is 0 Å². The van der Waals surface area contributed by atoms with Gasteiger partial charge in [0.1, 0.15) is 6.54 Å². The van der Waals surface area contributed by atoms with E-state index in [1.54, 1.807) is 42.5 Å². The first-order valence-corrected chi connectivity index (χ1v) is 9.47. The number of fused-ring (bicyclic) bond motifs is 1. The summed E-state index contributed by atoms with van der Waals surface area (Å²) in [6, 6.07) is 9.59. The molecule has 0 spiro atoms. The monoisotopic (exact) mass is 431 g/mol. The standard InChI is InChI=1S/C19H15Cl2N5O3/c1-10-2-7-13(8-14(10)21)26-18(28)16-17(19(26)29)25(24-23-16)9-15(27)22-12-5-3-11(20)4-6-12/h2-8,16-17H,9H2,1H3,(H,22,27)/t16-,17-/m0/s1. The summed E-state index contributed by atoms with van der Waals surface area (Å²) in [6.07, 6.45) is 0. The van der Waals surface area contributed by atoms with Crippen LogP contribution in [0.15, 0.2) is 52.8 Å². The third-order valence-electron chi connectivity index (χ3n) is 4.71. The van der Waals surface area contributed by atoms with E-state index in [2.05, 4.69) is 15.7 Å². The van der Waals surface area contributed by atoms with E-state index in [1.165, 1.54) is 5.01 Å². The molecule has 8 nitrogen and oxygen atoms in total. The molecule has 2 aliphatic rings. The van der Waals surface area contributed by atoms with Crippen molar-refractivity contribution >= 4 is 52.3 Å². The molecule has 0 aliphatic carbocycles. The number of hydrogen-bond donors (Lipinski definition) is 1. The van der Waals surface area contributed by atoms with Gasteiger partial charge < -0.3 is 5.32 Å². The quantitative estimate of drug-likeness (QED) is 0.751. The summed E-state index contributed by atoms with van der Waals surface area (Å²) in [7, 11) is 0. The van der Waals surface area contributed by atoms with Gasteiger partial charge in [0.15, 0.2) is 12.1 Å². The molecular weight excluding hydrogens is 417 g/mol. The second kappa shape index (κ2) is 7.46. The van der Waals surface area contributed by atoms with Gasteiger partial charge in [-0.25, -0.2) is 4.90 Å². The highest BCUT2D eigenvalue weighted by molar-refractivity contribution is 6.32. The van der Waals surface area contributed by atoms with Crippen LogP contribution in [0.5, 0.6) is 0 Å². The molecule has 0 aromatic heterocycles. The van der Waals surface area contributed by atoms with E-state index < -0.39 is 29.8 Å². The smallest absolute Gasteiger partial charge is 0.263 e. The molecule has 0 bridgehead atoms. The first-order valence-electron chi connectivity index (χ1n) is 8.72. The Hall–Kier alpha value is -2.97. The molecule has 2 heterocycles. The van der Waals surface area contributed by atoms with Crippen molar-refractivity contribution in [1.82, 2.24) is 5.01 Å². The minimum absolute atomic E-state index is 0.227. The summed E-state index contributed by atoms with van der Waals surface area (Å²) < 4.78 is 0. The van der Waals surface area contributed by atoms with Crippen LogP contribution in [0.3, 0.4) is 0 Å². The van der Waals surface area contributed by atoms with Gasteiger partial charge in [0.05, 0.1) is 5.69 Å². The number of hydrogen-bond acceptors (Lipinski definition) is 6. The third kappa shape index (κ3) is 3.56. The molecule has 2 atom stereocenters. The van der Waals surface area contributed by atoms with Crippen LogP contribution in [0.4, 0.5) is 11.4 Å². The van der Waals surface area contributed by atoms with Gasteiger partial charge in [0, 0.05) is 15.7 Å². The topological polar surface area (TPSA) is 94.4 Å². The van der Waals surface area contributed by atoms with Crippen molar-refractivity contribution in [3.8, 4) is 0 Å². The average Bonchev–Trinajstić information content (AvgIpc) is 3.20. The van der Waals surface area contributed by atoms with Crippen LogP contribution in [-0.2, 0) is 14.4 Å². The number of aryl methyl sites for hydroxylation is 1. The highest BCUT2D eigenvalue weighted by Gasteiger charge is 2.55. The summed E-state index contributed by atoms with van der Waals surface area (Å²) in [6.45, 7) is 1.60. The van der Waals surface area contributed by atoms with E-state index in [9.17, 15) is 14.4 Å². The minimum atomic E-state index is -0.981. The van der Waals surface area contributed by atoms with Gasteiger partial charge in [-0.15, -0.1) is 0 Å². The Bertz CT molecular complexity index is 1040. The fourth-order valence-corrected chi connectivity index (χ4v) is 3.51. The Morgan fingerprint density at radius 3 is 2.52 bits per heavy atom. The second-order valence-corrected chi connectivity index (χ2v) is 7.54. The number of carbonyl (C=O) groups is 3. The first kappa shape index (κ1) is 19.4. The van der Waals surface area contributed by atoms with Crippen molar-refractivity contribution in [2.24, 2.45) is 10.3 Å². The average molecular weight is 432 g/mol. The van der Waals surface area contributed by atoms with E-state index >= 15 is 0 Å². The molecule has 0 radical (unpaired) electrons. The number of halogens is 2. The lowest BCUT2D eigenvalue weighted by atomic mass is 10.1. The molecule has 2 aromatic rings. The van der Waals surface area contributed by atoms with Crippen molar-refractivity contribution in [1.29, 1.82) is 0 Å². The van der Waals surface area contributed by atoms with Gasteiger partial charge in [-0.1, -0.05) is 34.5 Å². The minimum Gasteiger partial charge on any atom is -0.324 e. The number of imide groups is 1. The maximum atomic E-state index is 12.9. The molecule has 0 unspecified atom stereocenters. The van der Waals surface area contributed by atoms with Crippen LogP contribution in [0.2, 0.25) is 10.0 Å². The van der Waals surface area contributed by atoms with Crippen LogP contribution in [0.25, 0.3) is 0 Å². The summed E-state index contributed by atoms with van der Waals surface area (Å²) in [4.78, 5) is 39.0. The van der Waals surface area contributed by atoms with Gasteiger partial charge in [0.2, 0.25) is 5.91 Å². The Morgan fingerprint density at radius 1 is 1.10 bits per heavy atom. The Balaban J connectivity index is 1.49. The fraction of sp³-hybridized carbons (Fsp3) is 0.211. The fourth-order valence-electron chi connectivity index (χ4n) is 3.21. The van der Waals surface area contributed by atoms with E-state index in [-0.39, 0.29) is 6.54 Å². The van der Waals surface area contributed by atoms with Crippen LogP contribution in [0.1, 0.15) is 5.56 Å². The van der Waals surface area contributed by atoms with E-state index in [4.69, 9.17) is 23.2 Å². The highest BCUT2D eigenvalue weighted by atomic mass is 35.5. The predicted octanol–water partition coefficient (Wildman–Crippen LogP) is 3.23. The number of amides is 3. The van der Waals surface area contributed by atoms with Crippen molar-refractivity contribution in [2.75, 3.05) is 16.8 Å². The Labute approximate surface area is 176 Å². The molecule has 0 saturated carbocycles. The number of rotatable bonds is 4. The van der Waals surface area contributed by atoms with Gasteiger partial charge in [0.25, 0.3) is 11.8 Å². The number of carbonyl (C=O) groups excluding carboxylic acids is 3. The van der Waals surface area contributed by atoms with Crippen molar-refractivity contribution in [3.63, 3.8) is 0 Å². The van der Waals surface area contributed by atoms with Gasteiger partial charge in [-0.05, 0) is 48.9 Å². The molecule has 4 rings (SSSR count). The molecule has 148 valence electrons. The van der Waals surface area contributed by atoms with Gasteiger partial charge in [-0.2, -0.15) is 5.11 Å². The lowest BCUT2D eigenvalue weighted by molar-refractivity contribution is -0.123.